The summed E-state index contributed by atoms with van der Waals surface area (Å²) in [6.45, 7) is 3.78. The van der Waals surface area contributed by atoms with Gasteiger partial charge in [0.2, 0.25) is 0 Å². The van der Waals surface area contributed by atoms with Crippen molar-refractivity contribution in [2.45, 2.75) is 26.3 Å². The Balaban J connectivity index is 1.90. The van der Waals surface area contributed by atoms with E-state index in [1.165, 1.54) is 0 Å². The van der Waals surface area contributed by atoms with Crippen LogP contribution >= 0.6 is 11.6 Å². The summed E-state index contributed by atoms with van der Waals surface area (Å²) in [5, 5.41) is 11.7. The minimum absolute atomic E-state index is 0.680. The molecule has 0 aliphatic rings. The molecule has 0 unspecified atom stereocenters. The molecule has 0 spiro atoms. The molecule has 0 amide bonds. The molecule has 5 nitrogen and oxygen atoms in total. The number of nitrogens with one attached hydrogen (secondary N) is 2. The molecule has 1 aromatic heterocycles. The molecule has 0 aliphatic carbocycles. The number of hydrogen-bond donors (Lipinski definition) is 2. The molecular weight excluding hydrogens is 298 g/mol. The first kappa shape index (κ1) is 16.4. The highest BCUT2D eigenvalue weighted by Crippen LogP contribution is 2.13. The van der Waals surface area contributed by atoms with E-state index in [-0.39, 0.29) is 0 Å². The average molecular weight is 320 g/mol. The Morgan fingerprint density at radius 1 is 1.27 bits per heavy atom. The fraction of sp³-hybridized carbons (Fsp3) is 0.375. The number of hydrogen-bond acceptors (Lipinski definition) is 2. The predicted octanol–water partition coefficient (Wildman–Crippen LogP) is 2.99. The highest BCUT2D eigenvalue weighted by molar-refractivity contribution is 6.30. The number of unbranched alkanes of at least 4 members (excludes halogenated alkanes) is 1. The molecule has 0 atom stereocenters. The van der Waals surface area contributed by atoms with Crippen molar-refractivity contribution in [3.05, 3.63) is 47.2 Å². The Labute approximate surface area is 136 Å². The van der Waals surface area contributed by atoms with Gasteiger partial charge in [0.1, 0.15) is 0 Å². The Hall–Kier alpha value is -2.01. The lowest BCUT2D eigenvalue weighted by Crippen LogP contribution is -2.37. The summed E-state index contributed by atoms with van der Waals surface area (Å²) < 4.78 is 1.83. The van der Waals surface area contributed by atoms with Crippen molar-refractivity contribution >= 4 is 17.6 Å². The van der Waals surface area contributed by atoms with Crippen LogP contribution in [0.3, 0.4) is 0 Å². The molecule has 2 N–H and O–H groups in total. The van der Waals surface area contributed by atoms with E-state index >= 15 is 0 Å². The second-order valence-corrected chi connectivity index (χ2v) is 5.41. The van der Waals surface area contributed by atoms with Gasteiger partial charge in [-0.1, -0.05) is 24.9 Å². The van der Waals surface area contributed by atoms with Crippen molar-refractivity contribution in [1.29, 1.82) is 0 Å². The fourth-order valence-corrected chi connectivity index (χ4v) is 2.10. The van der Waals surface area contributed by atoms with E-state index in [9.17, 15) is 0 Å². The fourth-order valence-electron chi connectivity index (χ4n) is 1.98. The average Bonchev–Trinajstić information content (AvgIpc) is 3.00. The van der Waals surface area contributed by atoms with Crippen molar-refractivity contribution in [2.75, 3.05) is 13.6 Å². The normalized spacial score (nSPS) is 11.5. The molecule has 0 aliphatic heterocycles. The third-order valence-corrected chi connectivity index (χ3v) is 3.49. The Bertz CT molecular complexity index is 603. The maximum atomic E-state index is 5.90. The summed E-state index contributed by atoms with van der Waals surface area (Å²) in [6.07, 6.45) is 6.14. The molecule has 6 heteroatoms. The highest BCUT2D eigenvalue weighted by atomic mass is 35.5. The van der Waals surface area contributed by atoms with Gasteiger partial charge in [0, 0.05) is 36.9 Å². The Morgan fingerprint density at radius 3 is 2.73 bits per heavy atom. The second kappa shape index (κ2) is 8.44. The quantitative estimate of drug-likeness (QED) is 0.489. The molecule has 118 valence electrons. The first-order valence-corrected chi connectivity index (χ1v) is 7.84. The van der Waals surface area contributed by atoms with E-state index in [1.807, 2.05) is 41.3 Å². The standard InChI is InChI=1S/C16H22ClN5/c1-3-4-9-19-16(18-2)20-10-13-11-21-22(12-13)15-7-5-14(17)6-8-15/h5-8,11-12H,3-4,9-10H2,1-2H3,(H2,18,19,20). The van der Waals surface area contributed by atoms with E-state index < -0.39 is 0 Å². The zero-order valence-electron chi connectivity index (χ0n) is 13.0. The molecule has 0 saturated carbocycles. The Morgan fingerprint density at radius 2 is 2.05 bits per heavy atom. The lowest BCUT2D eigenvalue weighted by atomic mass is 10.3. The minimum Gasteiger partial charge on any atom is -0.356 e. The summed E-state index contributed by atoms with van der Waals surface area (Å²) >= 11 is 5.90. The zero-order chi connectivity index (χ0) is 15.8. The first-order valence-electron chi connectivity index (χ1n) is 7.47. The summed E-state index contributed by atoms with van der Waals surface area (Å²) in [4.78, 5) is 4.20. The van der Waals surface area contributed by atoms with Gasteiger partial charge in [-0.15, -0.1) is 0 Å². The molecule has 0 bridgehead atoms. The topological polar surface area (TPSA) is 54.2 Å². The van der Waals surface area contributed by atoms with E-state index in [4.69, 9.17) is 11.6 Å². The van der Waals surface area contributed by atoms with Crippen LogP contribution in [0.4, 0.5) is 0 Å². The van der Waals surface area contributed by atoms with Gasteiger partial charge in [0.05, 0.1) is 11.9 Å². The molecule has 0 radical (unpaired) electrons. The van der Waals surface area contributed by atoms with Crippen LogP contribution in [0, 0.1) is 0 Å². The van der Waals surface area contributed by atoms with Crippen LogP contribution in [0.25, 0.3) is 5.69 Å². The van der Waals surface area contributed by atoms with Gasteiger partial charge in [-0.25, -0.2) is 4.68 Å². The van der Waals surface area contributed by atoms with Gasteiger partial charge < -0.3 is 10.6 Å². The molecule has 0 fully saturated rings. The molecule has 0 saturated heterocycles. The Kier molecular flexibility index (Phi) is 6.27. The van der Waals surface area contributed by atoms with E-state index in [0.29, 0.717) is 6.54 Å². The van der Waals surface area contributed by atoms with Crippen LogP contribution in [0.2, 0.25) is 5.02 Å². The van der Waals surface area contributed by atoms with E-state index in [2.05, 4.69) is 27.6 Å². The maximum Gasteiger partial charge on any atom is 0.191 e. The van der Waals surface area contributed by atoms with Crippen LogP contribution in [0.1, 0.15) is 25.3 Å². The van der Waals surface area contributed by atoms with Crippen molar-refractivity contribution in [3.8, 4) is 5.69 Å². The van der Waals surface area contributed by atoms with E-state index in [1.54, 1.807) is 7.05 Å². The van der Waals surface area contributed by atoms with Gasteiger partial charge in [-0.05, 0) is 30.7 Å². The molecule has 22 heavy (non-hydrogen) atoms. The summed E-state index contributed by atoms with van der Waals surface area (Å²) in [7, 11) is 1.78. The number of rotatable bonds is 6. The molecule has 1 heterocycles. The second-order valence-electron chi connectivity index (χ2n) is 4.98. The van der Waals surface area contributed by atoms with Crippen LogP contribution in [-0.4, -0.2) is 29.3 Å². The number of halogens is 1. The van der Waals surface area contributed by atoms with Crippen molar-refractivity contribution in [3.63, 3.8) is 0 Å². The van der Waals surface area contributed by atoms with Gasteiger partial charge in [0.25, 0.3) is 0 Å². The number of aromatic nitrogens is 2. The number of benzene rings is 1. The largest absolute Gasteiger partial charge is 0.356 e. The lowest BCUT2D eigenvalue weighted by Gasteiger charge is -2.10. The van der Waals surface area contributed by atoms with Gasteiger partial charge >= 0.3 is 0 Å². The lowest BCUT2D eigenvalue weighted by molar-refractivity contribution is 0.729. The number of guanidine groups is 1. The van der Waals surface area contributed by atoms with Crippen molar-refractivity contribution in [2.24, 2.45) is 4.99 Å². The van der Waals surface area contributed by atoms with E-state index in [0.717, 1.165) is 41.6 Å². The van der Waals surface area contributed by atoms with Gasteiger partial charge in [-0.2, -0.15) is 5.10 Å². The molecule has 2 rings (SSSR count). The van der Waals surface area contributed by atoms with Crippen LogP contribution in [0.15, 0.2) is 41.7 Å². The molecule has 1 aromatic carbocycles. The monoisotopic (exact) mass is 319 g/mol. The van der Waals surface area contributed by atoms with Crippen molar-refractivity contribution in [1.82, 2.24) is 20.4 Å². The third-order valence-electron chi connectivity index (χ3n) is 3.23. The van der Waals surface area contributed by atoms with Crippen LogP contribution < -0.4 is 10.6 Å². The third kappa shape index (κ3) is 4.77. The van der Waals surface area contributed by atoms with Crippen LogP contribution in [0.5, 0.6) is 0 Å². The summed E-state index contributed by atoms with van der Waals surface area (Å²) in [5.41, 5.74) is 2.08. The SMILES string of the molecule is CCCCNC(=NC)NCc1cnn(-c2ccc(Cl)cc2)c1. The molecular formula is C16H22ClN5. The highest BCUT2D eigenvalue weighted by Gasteiger charge is 2.02. The van der Waals surface area contributed by atoms with Gasteiger partial charge in [0.15, 0.2) is 5.96 Å². The first-order chi connectivity index (χ1) is 10.7. The number of aliphatic imine (C=N–C) groups is 1. The van der Waals surface area contributed by atoms with Crippen molar-refractivity contribution < 1.29 is 0 Å². The number of nitrogens with zero attached hydrogens (tertiary/aromatic N) is 3. The minimum atomic E-state index is 0.680. The molecule has 2 aromatic rings. The van der Waals surface area contributed by atoms with Gasteiger partial charge in [-0.3, -0.25) is 4.99 Å². The summed E-state index contributed by atoms with van der Waals surface area (Å²) in [6, 6.07) is 7.60. The van der Waals surface area contributed by atoms with Crippen LogP contribution in [-0.2, 0) is 6.54 Å². The smallest absolute Gasteiger partial charge is 0.191 e. The predicted molar refractivity (Wildman–Crippen MR) is 91.7 cm³/mol. The maximum absolute atomic E-state index is 5.90. The summed E-state index contributed by atoms with van der Waals surface area (Å²) in [5.74, 6) is 0.813. The zero-order valence-corrected chi connectivity index (χ0v) is 13.8.